The maximum absolute atomic E-state index is 10.7. The molecule has 0 aliphatic carbocycles. The molecule has 1 aliphatic heterocycles. The first-order valence-corrected chi connectivity index (χ1v) is 4.85. The van der Waals surface area contributed by atoms with Crippen LogP contribution in [-0.4, -0.2) is 23.3 Å². The topological polar surface area (TPSA) is 20.3 Å². The standard InChI is InChI=1S/C7H14NOS/c1-6(2)7-4-8(5-7)10(3)9/h6-7H,3-5H2,1-2H3/q-1. The van der Waals surface area contributed by atoms with Gasteiger partial charge >= 0.3 is 0 Å². The van der Waals surface area contributed by atoms with Crippen molar-refractivity contribution in [3.8, 4) is 0 Å². The highest BCUT2D eigenvalue weighted by Crippen LogP contribution is 2.22. The summed E-state index contributed by atoms with van der Waals surface area (Å²) >= 11 is 0. The quantitative estimate of drug-likeness (QED) is 0.434. The predicted octanol–water partition coefficient (Wildman–Crippen LogP) is 0.885. The largest absolute Gasteiger partial charge is 0.448 e. The van der Waals surface area contributed by atoms with Gasteiger partial charge in [0.1, 0.15) is 0 Å². The van der Waals surface area contributed by atoms with Crippen LogP contribution in [0, 0.1) is 11.8 Å². The van der Waals surface area contributed by atoms with E-state index < -0.39 is 10.6 Å². The molecule has 1 rings (SSSR count). The minimum Gasteiger partial charge on any atom is -0.448 e. The Hall–Kier alpha value is -0.0200. The minimum atomic E-state index is -0.977. The fraction of sp³-hybridized carbons (Fsp3) is 0.857. The van der Waals surface area contributed by atoms with Crippen molar-refractivity contribution in [3.63, 3.8) is 0 Å². The average molecular weight is 160 g/mol. The first-order valence-electron chi connectivity index (χ1n) is 3.57. The average Bonchev–Trinajstić information content (AvgIpc) is 1.56. The maximum atomic E-state index is 10.7. The molecule has 0 aromatic rings. The molecule has 1 saturated heterocycles. The molecule has 1 heterocycles. The molecule has 0 aromatic heterocycles. The Labute approximate surface area is 64.4 Å². The Morgan fingerprint density at radius 3 is 2.40 bits per heavy atom. The van der Waals surface area contributed by atoms with Gasteiger partial charge in [-0.1, -0.05) is 13.8 Å². The third-order valence-electron chi connectivity index (χ3n) is 2.11. The van der Waals surface area contributed by atoms with E-state index in [0.29, 0.717) is 0 Å². The molecular formula is C7H14NOS-. The van der Waals surface area contributed by atoms with Crippen molar-refractivity contribution >= 4 is 16.4 Å². The van der Waals surface area contributed by atoms with Crippen LogP contribution in [0.15, 0.2) is 0 Å². The molecule has 0 bridgehead atoms. The SMILES string of the molecule is C=[S-](=O)N1CC(C(C)C)C1. The van der Waals surface area contributed by atoms with Gasteiger partial charge in [0, 0.05) is 0 Å². The van der Waals surface area contributed by atoms with Crippen LogP contribution in [0.3, 0.4) is 0 Å². The maximum Gasteiger partial charge on any atom is -0.0146 e. The van der Waals surface area contributed by atoms with Crippen molar-refractivity contribution in [1.82, 2.24) is 4.31 Å². The molecule has 10 heavy (non-hydrogen) atoms. The molecule has 0 atom stereocenters. The molecule has 1 fully saturated rings. The van der Waals surface area contributed by atoms with E-state index in [0.717, 1.165) is 24.9 Å². The Morgan fingerprint density at radius 2 is 2.10 bits per heavy atom. The van der Waals surface area contributed by atoms with Crippen LogP contribution < -0.4 is 0 Å². The summed E-state index contributed by atoms with van der Waals surface area (Å²) in [6.45, 7) is 6.34. The van der Waals surface area contributed by atoms with Crippen molar-refractivity contribution in [2.75, 3.05) is 13.1 Å². The fourth-order valence-corrected chi connectivity index (χ4v) is 1.77. The van der Waals surface area contributed by atoms with Crippen molar-refractivity contribution in [1.29, 1.82) is 0 Å². The first kappa shape index (κ1) is 8.08. The van der Waals surface area contributed by atoms with E-state index in [2.05, 4.69) is 19.7 Å². The highest BCUT2D eigenvalue weighted by atomic mass is 32.2. The van der Waals surface area contributed by atoms with E-state index >= 15 is 0 Å². The van der Waals surface area contributed by atoms with Gasteiger partial charge < -0.3 is 8.51 Å². The molecule has 1 aliphatic rings. The molecule has 0 amide bonds. The summed E-state index contributed by atoms with van der Waals surface area (Å²) in [5.74, 6) is 4.92. The zero-order chi connectivity index (χ0) is 7.72. The van der Waals surface area contributed by atoms with Crippen LogP contribution in [-0.2, 0) is 14.8 Å². The van der Waals surface area contributed by atoms with E-state index in [4.69, 9.17) is 0 Å². The zero-order valence-corrected chi connectivity index (χ0v) is 7.36. The van der Waals surface area contributed by atoms with E-state index in [1.807, 2.05) is 4.31 Å². The summed E-state index contributed by atoms with van der Waals surface area (Å²) in [4.78, 5) is 0. The first-order chi connectivity index (χ1) is 4.61. The molecule has 0 spiro atoms. The number of hydrogen-bond donors (Lipinski definition) is 0. The second-order valence-corrected chi connectivity index (χ2v) is 4.33. The molecule has 3 heteroatoms. The molecule has 0 saturated carbocycles. The third-order valence-corrected chi connectivity index (χ3v) is 2.98. The van der Waals surface area contributed by atoms with Crippen molar-refractivity contribution < 1.29 is 4.21 Å². The van der Waals surface area contributed by atoms with Crippen LogP contribution in [0.1, 0.15) is 13.8 Å². The molecule has 0 unspecified atom stereocenters. The lowest BCUT2D eigenvalue weighted by atomic mass is 9.91. The van der Waals surface area contributed by atoms with Crippen molar-refractivity contribution in [2.45, 2.75) is 13.8 Å². The van der Waals surface area contributed by atoms with Crippen molar-refractivity contribution in [2.24, 2.45) is 11.8 Å². The molecule has 60 valence electrons. The van der Waals surface area contributed by atoms with Gasteiger partial charge in [-0.2, -0.15) is 5.87 Å². The lowest BCUT2D eigenvalue weighted by Crippen LogP contribution is -2.47. The molecule has 0 aromatic carbocycles. The van der Waals surface area contributed by atoms with Gasteiger partial charge in [-0.05, 0) is 24.9 Å². The second kappa shape index (κ2) is 2.93. The van der Waals surface area contributed by atoms with Crippen LogP contribution in [0.2, 0.25) is 0 Å². The second-order valence-electron chi connectivity index (χ2n) is 3.17. The normalized spacial score (nSPS) is 22.0. The van der Waals surface area contributed by atoms with Gasteiger partial charge in [0.05, 0.1) is 0 Å². The fourth-order valence-electron chi connectivity index (χ4n) is 1.06. The third kappa shape index (κ3) is 1.52. The highest BCUT2D eigenvalue weighted by molar-refractivity contribution is 7.80. The Kier molecular flexibility index (Phi) is 2.36. The summed E-state index contributed by atoms with van der Waals surface area (Å²) in [6, 6.07) is 0. The van der Waals surface area contributed by atoms with Crippen molar-refractivity contribution in [3.05, 3.63) is 0 Å². The lowest BCUT2D eigenvalue weighted by molar-refractivity contribution is 0.161. The Bertz CT molecular complexity index is 172. The van der Waals surface area contributed by atoms with Gasteiger partial charge in [0.15, 0.2) is 0 Å². The van der Waals surface area contributed by atoms with Gasteiger partial charge in [-0.3, -0.25) is 0 Å². The van der Waals surface area contributed by atoms with Crippen LogP contribution in [0.25, 0.3) is 0 Å². The van der Waals surface area contributed by atoms with E-state index in [1.165, 1.54) is 0 Å². The minimum absolute atomic E-state index is 0.722. The van der Waals surface area contributed by atoms with E-state index in [1.54, 1.807) is 0 Å². The van der Waals surface area contributed by atoms with Gasteiger partial charge in [0.25, 0.3) is 0 Å². The van der Waals surface area contributed by atoms with Gasteiger partial charge in [0.2, 0.25) is 0 Å². The summed E-state index contributed by atoms with van der Waals surface area (Å²) < 4.78 is 12.6. The Morgan fingerprint density at radius 1 is 1.60 bits per heavy atom. The number of rotatable bonds is 2. The van der Waals surface area contributed by atoms with Crippen LogP contribution in [0.4, 0.5) is 0 Å². The molecular weight excluding hydrogens is 146 g/mol. The van der Waals surface area contributed by atoms with Gasteiger partial charge in [-0.15, -0.1) is 0 Å². The highest BCUT2D eigenvalue weighted by Gasteiger charge is 2.24. The zero-order valence-electron chi connectivity index (χ0n) is 6.54. The predicted molar refractivity (Wildman–Crippen MR) is 45.1 cm³/mol. The summed E-state index contributed by atoms with van der Waals surface area (Å²) in [5, 5.41) is 0. The molecule has 0 N–H and O–H groups in total. The summed E-state index contributed by atoms with van der Waals surface area (Å²) in [7, 11) is -0.977. The van der Waals surface area contributed by atoms with E-state index in [9.17, 15) is 4.21 Å². The van der Waals surface area contributed by atoms with Crippen LogP contribution in [0.5, 0.6) is 0 Å². The molecule has 2 nitrogen and oxygen atoms in total. The van der Waals surface area contributed by atoms with Gasteiger partial charge in [-0.25, -0.2) is 10.6 Å². The summed E-state index contributed by atoms with van der Waals surface area (Å²) in [6.07, 6.45) is 0. The number of hydrogen-bond acceptors (Lipinski definition) is 2. The Balaban J connectivity index is 2.31. The molecule has 0 radical (unpaired) electrons. The van der Waals surface area contributed by atoms with E-state index in [-0.39, 0.29) is 0 Å². The lowest BCUT2D eigenvalue weighted by Gasteiger charge is -2.45. The monoisotopic (exact) mass is 160 g/mol. The smallest absolute Gasteiger partial charge is 0.0146 e. The number of nitrogens with zero attached hydrogens (tertiary/aromatic N) is 1. The van der Waals surface area contributed by atoms with Crippen LogP contribution >= 0.6 is 0 Å². The summed E-state index contributed by atoms with van der Waals surface area (Å²) in [5.41, 5.74) is 0.